The van der Waals surface area contributed by atoms with Gasteiger partial charge in [0, 0.05) is 50.2 Å². The molecule has 2 aliphatic heterocycles. The van der Waals surface area contributed by atoms with Crippen molar-refractivity contribution in [2.24, 2.45) is 10.9 Å². The molecular weight excluding hydrogens is 452 g/mol. The highest BCUT2D eigenvalue weighted by Gasteiger charge is 2.19. The summed E-state index contributed by atoms with van der Waals surface area (Å²) in [6.07, 6.45) is 12.4. The molecule has 1 aliphatic carbocycles. The van der Waals surface area contributed by atoms with E-state index in [2.05, 4.69) is 44.8 Å². The van der Waals surface area contributed by atoms with Crippen molar-refractivity contribution in [3.63, 3.8) is 0 Å². The Bertz CT molecular complexity index is 994. The van der Waals surface area contributed by atoms with Crippen LogP contribution in [-0.2, 0) is 6.42 Å². The molecule has 1 saturated heterocycles. The maximum atomic E-state index is 10.8. The van der Waals surface area contributed by atoms with Gasteiger partial charge in [-0.25, -0.2) is 0 Å². The van der Waals surface area contributed by atoms with Gasteiger partial charge in [-0.2, -0.15) is 0 Å². The zero-order valence-corrected chi connectivity index (χ0v) is 22.2. The zero-order valence-electron chi connectivity index (χ0n) is 21.3. The number of carbonyl (C=O) groups is 1. The lowest BCUT2D eigenvalue weighted by molar-refractivity contribution is 0.112. The van der Waals surface area contributed by atoms with E-state index in [0.717, 1.165) is 46.9 Å². The molecular formula is C29H40N4OS. The average Bonchev–Trinajstić information content (AvgIpc) is 2.90. The van der Waals surface area contributed by atoms with Gasteiger partial charge in [0.05, 0.1) is 10.6 Å². The second-order valence-corrected chi connectivity index (χ2v) is 11.0. The highest BCUT2D eigenvalue weighted by atomic mass is 32.2. The predicted octanol–water partition coefficient (Wildman–Crippen LogP) is 6.39. The van der Waals surface area contributed by atoms with E-state index >= 15 is 0 Å². The molecule has 3 aliphatic rings. The van der Waals surface area contributed by atoms with Crippen molar-refractivity contribution in [2.45, 2.75) is 56.8 Å². The van der Waals surface area contributed by atoms with Gasteiger partial charge in [0.1, 0.15) is 6.29 Å². The van der Waals surface area contributed by atoms with Crippen LogP contribution < -0.4 is 4.72 Å². The molecule has 0 radical (unpaired) electrons. The Hall–Kier alpha value is -2.15. The van der Waals surface area contributed by atoms with Gasteiger partial charge in [-0.15, -0.1) is 0 Å². The molecule has 188 valence electrons. The van der Waals surface area contributed by atoms with Gasteiger partial charge >= 0.3 is 0 Å². The van der Waals surface area contributed by atoms with E-state index in [4.69, 9.17) is 0 Å². The van der Waals surface area contributed by atoms with Gasteiger partial charge in [-0.05, 0) is 92.9 Å². The fraction of sp³-hybridized carbons (Fsp3) is 0.517. The quantitative estimate of drug-likeness (QED) is 0.374. The maximum Gasteiger partial charge on any atom is 0.150 e. The number of likely N-dealkylation sites (N-methyl/N-ethyl adjacent to an activating group) is 1. The maximum absolute atomic E-state index is 10.8. The number of benzene rings is 2. The van der Waals surface area contributed by atoms with E-state index in [1.54, 1.807) is 11.9 Å². The Morgan fingerprint density at radius 3 is 2.63 bits per heavy atom. The van der Waals surface area contributed by atoms with Gasteiger partial charge < -0.3 is 14.5 Å². The molecule has 0 atom stereocenters. The monoisotopic (exact) mass is 492 g/mol. The molecule has 35 heavy (non-hydrogen) atoms. The minimum absolute atomic E-state index is 0.699. The highest BCUT2D eigenvalue weighted by Crippen LogP contribution is 2.36. The third-order valence-corrected chi connectivity index (χ3v) is 8.21. The highest BCUT2D eigenvalue weighted by molar-refractivity contribution is 8.00. The third-order valence-electron chi connectivity index (χ3n) is 7.34. The van der Waals surface area contributed by atoms with Gasteiger partial charge in [-0.3, -0.25) is 9.79 Å². The first-order valence-corrected chi connectivity index (χ1v) is 14.0. The number of nitrogens with zero attached hydrogens (tertiary/aromatic N) is 3. The van der Waals surface area contributed by atoms with Crippen molar-refractivity contribution in [3.8, 4) is 0 Å². The van der Waals surface area contributed by atoms with Crippen molar-refractivity contribution in [3.05, 3.63) is 53.1 Å². The fourth-order valence-electron chi connectivity index (χ4n) is 5.12. The van der Waals surface area contributed by atoms with Crippen LogP contribution in [0.15, 0.2) is 46.3 Å². The molecule has 2 aromatic rings. The first-order valence-electron chi connectivity index (χ1n) is 13.2. The number of hydrogen-bond acceptors (Lipinski definition) is 6. The lowest BCUT2D eigenvalue weighted by Gasteiger charge is -2.35. The number of hydrogen-bond donors (Lipinski definition) is 1. The summed E-state index contributed by atoms with van der Waals surface area (Å²) in [5, 5.41) is 0. The van der Waals surface area contributed by atoms with Crippen LogP contribution in [0, 0.1) is 12.8 Å². The summed E-state index contributed by atoms with van der Waals surface area (Å²) < 4.78 is 3.36. The smallest absolute Gasteiger partial charge is 0.150 e. The molecule has 5 nitrogen and oxygen atoms in total. The summed E-state index contributed by atoms with van der Waals surface area (Å²) in [6, 6.07) is 11.9. The average molecular weight is 493 g/mol. The molecule has 0 aromatic heterocycles. The second-order valence-electron chi connectivity index (χ2n) is 10.1. The van der Waals surface area contributed by atoms with Crippen LogP contribution in [0.1, 0.15) is 60.0 Å². The number of nitrogens with one attached hydrogen (secondary N) is 1. The Labute approximate surface area is 215 Å². The number of aliphatic imine (C=N–C) groups is 1. The number of piperazine rings is 1. The first kappa shape index (κ1) is 25.9. The van der Waals surface area contributed by atoms with Gasteiger partial charge in [0.25, 0.3) is 0 Å². The summed E-state index contributed by atoms with van der Waals surface area (Å²) >= 11 is 1.56. The van der Waals surface area contributed by atoms with Crippen LogP contribution in [0.3, 0.4) is 0 Å². The normalized spacial score (nSPS) is 18.9. The number of anilines is 1. The molecule has 2 fully saturated rings. The zero-order chi connectivity index (χ0) is 24.5. The molecule has 6 heteroatoms. The molecule has 0 unspecified atom stereocenters. The molecule has 0 spiro atoms. The van der Waals surface area contributed by atoms with E-state index in [1.807, 2.05) is 31.3 Å². The van der Waals surface area contributed by atoms with E-state index in [0.29, 0.717) is 5.56 Å². The number of aryl methyl sites for hydroxylation is 2. The summed E-state index contributed by atoms with van der Waals surface area (Å²) in [5.41, 5.74) is 5.15. The fourth-order valence-corrected chi connectivity index (χ4v) is 6.00. The summed E-state index contributed by atoms with van der Waals surface area (Å²) in [7, 11) is 2.23. The Kier molecular flexibility index (Phi) is 9.81. The molecule has 5 rings (SSSR count). The van der Waals surface area contributed by atoms with Crippen LogP contribution in [0.25, 0.3) is 0 Å². The molecule has 0 bridgehead atoms. The minimum Gasteiger partial charge on any atom is -0.325 e. The Balaban J connectivity index is 0.000000179. The number of fused-ring (bicyclic) bond motifs is 1. The predicted molar refractivity (Wildman–Crippen MR) is 149 cm³/mol. The molecule has 1 saturated carbocycles. The molecule has 2 heterocycles. The number of para-hydroxylation sites is 1. The number of carbonyl (C=O) groups excluding carboxylic acids is 1. The molecule has 2 aromatic carbocycles. The lowest BCUT2D eigenvalue weighted by Crippen LogP contribution is -2.46. The van der Waals surface area contributed by atoms with Crippen molar-refractivity contribution in [1.82, 2.24) is 9.80 Å². The van der Waals surface area contributed by atoms with Gasteiger partial charge in [0.2, 0.25) is 0 Å². The van der Waals surface area contributed by atoms with Gasteiger partial charge in [0.15, 0.2) is 0 Å². The SMILES string of the molecule is CN1CCN(CC2CCCCC2)CC1.Cc1cc(C=O)ccc1NSc1cccc2c1N=CCC2. The van der Waals surface area contributed by atoms with Crippen LogP contribution in [0.4, 0.5) is 11.4 Å². The summed E-state index contributed by atoms with van der Waals surface area (Å²) in [6.45, 7) is 8.52. The van der Waals surface area contributed by atoms with Crippen LogP contribution in [0.5, 0.6) is 0 Å². The van der Waals surface area contributed by atoms with E-state index < -0.39 is 0 Å². The standard InChI is InChI=1S/C17H16N2OS.C12H24N2/c1-12-10-13(11-20)7-8-15(12)19-21-16-6-2-4-14-5-3-9-18-17(14)16;1-13-7-9-14(10-8-13)11-12-5-3-2-4-6-12/h2,4,6-11,19H,3,5H2,1H3;12H,2-11H2,1H3. The largest absolute Gasteiger partial charge is 0.325 e. The second kappa shape index (κ2) is 13.2. The molecule has 0 amide bonds. The third kappa shape index (κ3) is 7.66. The van der Waals surface area contributed by atoms with E-state index in [1.165, 1.54) is 70.4 Å². The van der Waals surface area contributed by atoms with E-state index in [9.17, 15) is 4.79 Å². The summed E-state index contributed by atoms with van der Waals surface area (Å²) in [4.78, 5) is 21.5. The summed E-state index contributed by atoms with van der Waals surface area (Å²) in [5.74, 6) is 1.02. The van der Waals surface area contributed by atoms with Crippen LogP contribution in [-0.4, -0.2) is 62.1 Å². The minimum atomic E-state index is 0.699. The number of rotatable bonds is 6. The molecule has 1 N–H and O–H groups in total. The van der Waals surface area contributed by atoms with Crippen molar-refractivity contribution < 1.29 is 4.79 Å². The lowest BCUT2D eigenvalue weighted by atomic mass is 9.89. The van der Waals surface area contributed by atoms with Crippen molar-refractivity contribution in [1.29, 1.82) is 0 Å². The van der Waals surface area contributed by atoms with E-state index in [-0.39, 0.29) is 0 Å². The Morgan fingerprint density at radius 1 is 1.09 bits per heavy atom. The van der Waals surface area contributed by atoms with Crippen molar-refractivity contribution in [2.75, 3.05) is 44.5 Å². The number of aldehydes is 1. The first-order chi connectivity index (χ1) is 17.1. The van der Waals surface area contributed by atoms with Gasteiger partial charge in [-0.1, -0.05) is 31.4 Å². The van der Waals surface area contributed by atoms with Crippen molar-refractivity contribution >= 4 is 35.8 Å². The Morgan fingerprint density at radius 2 is 1.89 bits per heavy atom. The topological polar surface area (TPSA) is 47.9 Å². The van der Waals surface area contributed by atoms with Crippen LogP contribution >= 0.6 is 11.9 Å². The van der Waals surface area contributed by atoms with Crippen LogP contribution in [0.2, 0.25) is 0 Å².